The number of carbonyl (C=O) groups is 1. The van der Waals surface area contributed by atoms with Crippen LogP contribution in [0.1, 0.15) is 22.8 Å². The van der Waals surface area contributed by atoms with Gasteiger partial charge in [0.05, 0.1) is 12.2 Å². The lowest BCUT2D eigenvalue weighted by Gasteiger charge is -2.24. The highest BCUT2D eigenvalue weighted by Crippen LogP contribution is 2.39. The predicted molar refractivity (Wildman–Crippen MR) is 69.4 cm³/mol. The second-order valence-electron chi connectivity index (χ2n) is 4.25. The van der Waals surface area contributed by atoms with Gasteiger partial charge in [0.25, 0.3) is 0 Å². The molecular formula is C12H12FIO3. The van der Waals surface area contributed by atoms with E-state index in [1.807, 2.05) is 0 Å². The molecule has 0 amide bonds. The molecule has 17 heavy (non-hydrogen) atoms. The van der Waals surface area contributed by atoms with E-state index < -0.39 is 11.4 Å². The normalized spacial score (nSPS) is 22.1. The Morgan fingerprint density at radius 2 is 2.35 bits per heavy atom. The number of halogens is 2. The van der Waals surface area contributed by atoms with Crippen molar-refractivity contribution in [2.45, 2.75) is 18.9 Å². The van der Waals surface area contributed by atoms with Gasteiger partial charge in [-0.2, -0.15) is 0 Å². The van der Waals surface area contributed by atoms with Crippen molar-refractivity contribution in [1.29, 1.82) is 0 Å². The number of hydrogen-bond acceptors (Lipinski definition) is 3. The smallest absolute Gasteiger partial charge is 0.163 e. The average molecular weight is 350 g/mol. The first kappa shape index (κ1) is 12.8. The van der Waals surface area contributed by atoms with Crippen molar-refractivity contribution in [3.8, 4) is 5.75 Å². The Morgan fingerprint density at radius 3 is 2.88 bits per heavy atom. The predicted octanol–water partition coefficient (Wildman–Crippen LogP) is 2.13. The summed E-state index contributed by atoms with van der Waals surface area (Å²) in [7, 11) is 0. The van der Waals surface area contributed by atoms with Gasteiger partial charge in [0, 0.05) is 16.4 Å². The first-order valence-corrected chi connectivity index (χ1v) is 6.73. The molecule has 2 rings (SSSR count). The number of carbonyl (C=O) groups excluding carboxylic acids is 1. The number of aliphatic hydroxyl groups is 1. The van der Waals surface area contributed by atoms with Gasteiger partial charge in [0.2, 0.25) is 0 Å². The fourth-order valence-corrected chi connectivity index (χ4v) is 2.63. The summed E-state index contributed by atoms with van der Waals surface area (Å²) in [5.41, 5.74) is 0.182. The van der Waals surface area contributed by atoms with Crippen molar-refractivity contribution in [2.75, 3.05) is 11.0 Å². The number of alkyl halides is 1. The van der Waals surface area contributed by atoms with Crippen molar-refractivity contribution in [2.24, 2.45) is 0 Å². The molecular weight excluding hydrogens is 338 g/mol. The van der Waals surface area contributed by atoms with Crippen LogP contribution < -0.4 is 4.74 Å². The molecule has 1 aromatic rings. The average Bonchev–Trinajstić information content (AvgIpc) is 2.66. The van der Waals surface area contributed by atoms with Crippen molar-refractivity contribution in [3.05, 3.63) is 29.1 Å². The second kappa shape index (κ2) is 4.53. The topological polar surface area (TPSA) is 46.5 Å². The number of rotatable bonds is 3. The lowest BCUT2D eigenvalue weighted by Crippen LogP contribution is -2.40. The molecule has 0 saturated carbocycles. The molecule has 0 aliphatic carbocycles. The number of ether oxygens (including phenoxy) is 1. The summed E-state index contributed by atoms with van der Waals surface area (Å²) in [5, 5.41) is 9.38. The maximum absolute atomic E-state index is 13.4. The molecule has 1 N–H and O–H groups in total. The van der Waals surface area contributed by atoms with Gasteiger partial charge < -0.3 is 9.84 Å². The fraction of sp³-hybridized carbons (Fsp3) is 0.417. The molecule has 0 saturated heterocycles. The number of benzene rings is 1. The third-order valence-corrected chi connectivity index (χ3v) is 4.26. The number of ketones is 1. The van der Waals surface area contributed by atoms with Gasteiger partial charge in [-0.1, -0.05) is 22.6 Å². The highest BCUT2D eigenvalue weighted by Gasteiger charge is 2.40. The molecule has 0 spiro atoms. The zero-order chi connectivity index (χ0) is 12.6. The van der Waals surface area contributed by atoms with Crippen LogP contribution in [0.2, 0.25) is 0 Å². The number of hydrogen-bond donors (Lipinski definition) is 1. The van der Waals surface area contributed by atoms with Crippen LogP contribution in [0.15, 0.2) is 12.1 Å². The van der Waals surface area contributed by atoms with Crippen LogP contribution >= 0.6 is 22.6 Å². The minimum absolute atomic E-state index is 0.149. The zero-order valence-corrected chi connectivity index (χ0v) is 11.5. The molecule has 1 aliphatic heterocycles. The van der Waals surface area contributed by atoms with E-state index in [9.17, 15) is 14.3 Å². The Morgan fingerprint density at radius 1 is 1.65 bits per heavy atom. The summed E-state index contributed by atoms with van der Waals surface area (Å²) in [6.45, 7) is 1.23. The summed E-state index contributed by atoms with van der Waals surface area (Å²) < 4.78 is 19.6. The van der Waals surface area contributed by atoms with Crippen molar-refractivity contribution in [1.82, 2.24) is 0 Å². The van der Waals surface area contributed by atoms with Crippen LogP contribution in [0.25, 0.3) is 0 Å². The van der Waals surface area contributed by atoms with Gasteiger partial charge >= 0.3 is 0 Å². The van der Waals surface area contributed by atoms with E-state index in [1.165, 1.54) is 19.1 Å². The van der Waals surface area contributed by atoms with Crippen LogP contribution in [0.5, 0.6) is 5.75 Å². The van der Waals surface area contributed by atoms with Gasteiger partial charge in [-0.25, -0.2) is 4.39 Å². The van der Waals surface area contributed by atoms with Crippen LogP contribution in [-0.4, -0.2) is 27.5 Å². The van der Waals surface area contributed by atoms with Gasteiger partial charge in [0.1, 0.15) is 17.2 Å². The van der Waals surface area contributed by atoms with E-state index in [0.29, 0.717) is 22.2 Å². The van der Waals surface area contributed by atoms with Gasteiger partial charge in [-0.15, -0.1) is 0 Å². The molecule has 1 atom stereocenters. The van der Waals surface area contributed by atoms with E-state index in [-0.39, 0.29) is 18.0 Å². The van der Waals surface area contributed by atoms with Gasteiger partial charge in [-0.05, 0) is 19.1 Å². The van der Waals surface area contributed by atoms with Crippen LogP contribution in [0.4, 0.5) is 4.39 Å². The minimum atomic E-state index is -0.721. The molecule has 0 radical (unpaired) electrons. The maximum atomic E-state index is 13.4. The van der Waals surface area contributed by atoms with Gasteiger partial charge in [-0.3, -0.25) is 4.79 Å². The van der Waals surface area contributed by atoms with Crippen LogP contribution in [0.3, 0.4) is 0 Å². The molecule has 3 nitrogen and oxygen atoms in total. The summed E-state index contributed by atoms with van der Waals surface area (Å²) >= 11 is 2.11. The number of aliphatic hydroxyl groups excluding tert-OH is 1. The van der Waals surface area contributed by atoms with E-state index in [4.69, 9.17) is 4.74 Å². The minimum Gasteiger partial charge on any atom is -0.483 e. The lowest BCUT2D eigenvalue weighted by atomic mass is 9.98. The highest BCUT2D eigenvalue weighted by molar-refractivity contribution is 14.1. The zero-order valence-electron chi connectivity index (χ0n) is 9.30. The van der Waals surface area contributed by atoms with E-state index in [0.717, 1.165) is 0 Å². The lowest BCUT2D eigenvalue weighted by molar-refractivity contribution is 0.0505. The SMILES string of the molecule is CC(=O)c1cc(F)cc2c1OC(CO)(CI)C2. The summed E-state index contributed by atoms with van der Waals surface area (Å²) in [4.78, 5) is 11.4. The first-order valence-electron chi connectivity index (χ1n) is 5.20. The molecule has 1 heterocycles. The Bertz CT molecular complexity index is 469. The highest BCUT2D eigenvalue weighted by atomic mass is 127. The quantitative estimate of drug-likeness (QED) is 0.516. The number of fused-ring (bicyclic) bond motifs is 1. The maximum Gasteiger partial charge on any atom is 0.163 e. The molecule has 0 aromatic heterocycles. The van der Waals surface area contributed by atoms with Gasteiger partial charge in [0.15, 0.2) is 5.78 Å². The summed E-state index contributed by atoms with van der Waals surface area (Å²) in [6, 6.07) is 2.55. The van der Waals surface area contributed by atoms with E-state index in [1.54, 1.807) is 0 Å². The third-order valence-electron chi connectivity index (χ3n) is 2.87. The Kier molecular flexibility index (Phi) is 3.40. The molecule has 0 fully saturated rings. The Labute approximate surface area is 112 Å². The number of Topliss-reactive ketones (excluding diaryl/α,β-unsaturated/α-hetero) is 1. The molecule has 5 heteroatoms. The monoisotopic (exact) mass is 350 g/mol. The molecule has 1 aromatic carbocycles. The van der Waals surface area contributed by atoms with Crippen molar-refractivity contribution >= 4 is 28.4 Å². The second-order valence-corrected chi connectivity index (χ2v) is 5.01. The Balaban J connectivity index is 2.51. The standard InChI is InChI=1S/C12H12FIO3/c1-7(16)10-3-9(13)2-8-4-12(5-14,6-15)17-11(8)10/h2-3,15H,4-6H2,1H3. The molecule has 92 valence electrons. The van der Waals surface area contributed by atoms with Crippen molar-refractivity contribution < 1.29 is 19.0 Å². The molecule has 0 bridgehead atoms. The Hall–Kier alpha value is -0.690. The summed E-state index contributed by atoms with van der Waals surface area (Å²) in [5.74, 6) is -0.257. The molecule has 1 unspecified atom stereocenters. The van der Waals surface area contributed by atoms with Crippen LogP contribution in [-0.2, 0) is 6.42 Å². The largest absolute Gasteiger partial charge is 0.483 e. The van der Waals surface area contributed by atoms with E-state index in [2.05, 4.69) is 22.6 Å². The van der Waals surface area contributed by atoms with Crippen LogP contribution in [0, 0.1) is 5.82 Å². The summed E-state index contributed by atoms with van der Waals surface area (Å²) in [6.07, 6.45) is 0.430. The fourth-order valence-electron chi connectivity index (χ4n) is 1.97. The first-order chi connectivity index (χ1) is 8.01. The van der Waals surface area contributed by atoms with E-state index >= 15 is 0 Å². The van der Waals surface area contributed by atoms with Crippen molar-refractivity contribution in [3.63, 3.8) is 0 Å². The third kappa shape index (κ3) is 2.18. The molecule has 1 aliphatic rings.